The predicted molar refractivity (Wildman–Crippen MR) is 58.0 cm³/mol. The van der Waals surface area contributed by atoms with E-state index in [9.17, 15) is 4.79 Å². The van der Waals surface area contributed by atoms with Gasteiger partial charge in [0, 0.05) is 26.1 Å². The van der Waals surface area contributed by atoms with Crippen molar-refractivity contribution in [2.24, 2.45) is 5.92 Å². The molecular formula is C11H23NO2. The third-order valence-electron chi connectivity index (χ3n) is 2.77. The molecule has 3 heteroatoms. The molecule has 0 aliphatic heterocycles. The normalized spacial score (nSPS) is 13.0. The monoisotopic (exact) mass is 201 g/mol. The lowest BCUT2D eigenvalue weighted by atomic mass is 10.0. The minimum atomic E-state index is 0.177. The van der Waals surface area contributed by atoms with Crippen molar-refractivity contribution >= 4 is 5.91 Å². The smallest absolute Gasteiger partial charge is 0.222 e. The zero-order chi connectivity index (χ0) is 11.1. The van der Waals surface area contributed by atoms with E-state index in [1.807, 2.05) is 11.9 Å². The highest BCUT2D eigenvalue weighted by Crippen LogP contribution is 2.10. The number of hydrogen-bond donors (Lipinski definition) is 1. The Kier molecular flexibility index (Phi) is 6.54. The molecule has 14 heavy (non-hydrogen) atoms. The Labute approximate surface area is 87.1 Å². The van der Waals surface area contributed by atoms with Gasteiger partial charge in [-0.2, -0.15) is 0 Å². The van der Waals surface area contributed by atoms with Gasteiger partial charge in [0.1, 0.15) is 0 Å². The van der Waals surface area contributed by atoms with Gasteiger partial charge in [-0.05, 0) is 25.7 Å². The molecule has 0 rings (SSSR count). The van der Waals surface area contributed by atoms with Crippen LogP contribution in [0.15, 0.2) is 0 Å². The largest absolute Gasteiger partial charge is 0.396 e. The summed E-state index contributed by atoms with van der Waals surface area (Å²) in [7, 11) is 1.85. The van der Waals surface area contributed by atoms with Crippen LogP contribution in [0.5, 0.6) is 0 Å². The van der Waals surface area contributed by atoms with Crippen LogP contribution in [-0.4, -0.2) is 35.6 Å². The summed E-state index contributed by atoms with van der Waals surface area (Å²) in [5.74, 6) is 0.668. The fourth-order valence-corrected chi connectivity index (χ4v) is 1.24. The zero-order valence-electron chi connectivity index (χ0n) is 9.79. The van der Waals surface area contributed by atoms with Crippen LogP contribution >= 0.6 is 0 Å². The predicted octanol–water partition coefficient (Wildman–Crippen LogP) is 1.65. The Morgan fingerprint density at radius 2 is 1.86 bits per heavy atom. The zero-order valence-corrected chi connectivity index (χ0v) is 9.79. The van der Waals surface area contributed by atoms with Crippen LogP contribution in [0.3, 0.4) is 0 Å². The summed E-state index contributed by atoms with van der Waals surface area (Å²) in [6.07, 6.45) is 2.05. The average molecular weight is 201 g/mol. The highest BCUT2D eigenvalue weighted by Gasteiger charge is 2.17. The van der Waals surface area contributed by atoms with E-state index in [4.69, 9.17) is 5.11 Å². The van der Waals surface area contributed by atoms with Crippen molar-refractivity contribution in [1.29, 1.82) is 0 Å². The molecule has 1 atom stereocenters. The Hall–Kier alpha value is -0.570. The number of aliphatic hydroxyl groups excluding tert-OH is 1. The number of amides is 1. The molecule has 1 amide bonds. The molecule has 0 spiro atoms. The lowest BCUT2D eigenvalue weighted by Crippen LogP contribution is -2.38. The molecule has 1 unspecified atom stereocenters. The SMILES string of the molecule is CC(C)C(C)N(C)C(=O)CCCCO. The van der Waals surface area contributed by atoms with Gasteiger partial charge in [0.05, 0.1) is 0 Å². The second kappa shape index (κ2) is 6.82. The highest BCUT2D eigenvalue weighted by atomic mass is 16.3. The van der Waals surface area contributed by atoms with E-state index in [1.54, 1.807) is 0 Å². The van der Waals surface area contributed by atoms with Crippen molar-refractivity contribution in [3.05, 3.63) is 0 Å². The lowest BCUT2D eigenvalue weighted by Gasteiger charge is -2.28. The van der Waals surface area contributed by atoms with Crippen molar-refractivity contribution in [2.45, 2.75) is 46.1 Å². The Morgan fingerprint density at radius 3 is 2.29 bits per heavy atom. The van der Waals surface area contributed by atoms with Gasteiger partial charge in [-0.1, -0.05) is 13.8 Å². The van der Waals surface area contributed by atoms with Crippen LogP contribution in [0, 0.1) is 5.92 Å². The molecule has 0 heterocycles. The molecule has 0 radical (unpaired) electrons. The first-order valence-electron chi connectivity index (χ1n) is 5.37. The summed E-state index contributed by atoms with van der Waals surface area (Å²) in [6, 6.07) is 0.289. The van der Waals surface area contributed by atoms with Crippen molar-refractivity contribution in [1.82, 2.24) is 4.90 Å². The molecule has 0 aromatic rings. The van der Waals surface area contributed by atoms with Gasteiger partial charge in [0.15, 0.2) is 0 Å². The number of nitrogens with zero attached hydrogens (tertiary/aromatic N) is 1. The summed E-state index contributed by atoms with van der Waals surface area (Å²) in [4.78, 5) is 13.4. The Morgan fingerprint density at radius 1 is 1.29 bits per heavy atom. The van der Waals surface area contributed by atoms with Crippen molar-refractivity contribution in [3.63, 3.8) is 0 Å². The van der Waals surface area contributed by atoms with E-state index in [2.05, 4.69) is 20.8 Å². The van der Waals surface area contributed by atoms with Crippen molar-refractivity contribution in [3.8, 4) is 0 Å². The van der Waals surface area contributed by atoms with Crippen LogP contribution in [0.4, 0.5) is 0 Å². The molecule has 0 fully saturated rings. The first-order chi connectivity index (χ1) is 6.50. The average Bonchev–Trinajstić information content (AvgIpc) is 2.15. The maximum absolute atomic E-state index is 11.6. The van der Waals surface area contributed by atoms with E-state index >= 15 is 0 Å². The summed E-state index contributed by atoms with van der Waals surface area (Å²) in [5, 5.41) is 8.59. The fourth-order valence-electron chi connectivity index (χ4n) is 1.24. The van der Waals surface area contributed by atoms with Gasteiger partial charge in [-0.15, -0.1) is 0 Å². The molecular weight excluding hydrogens is 178 g/mol. The molecule has 0 saturated heterocycles. The number of aliphatic hydroxyl groups is 1. The minimum Gasteiger partial charge on any atom is -0.396 e. The van der Waals surface area contributed by atoms with Gasteiger partial charge in [0.25, 0.3) is 0 Å². The maximum atomic E-state index is 11.6. The minimum absolute atomic E-state index is 0.177. The van der Waals surface area contributed by atoms with E-state index in [-0.39, 0.29) is 18.6 Å². The van der Waals surface area contributed by atoms with Gasteiger partial charge in [-0.3, -0.25) is 4.79 Å². The van der Waals surface area contributed by atoms with Crippen molar-refractivity contribution < 1.29 is 9.90 Å². The third-order valence-corrected chi connectivity index (χ3v) is 2.77. The highest BCUT2D eigenvalue weighted by molar-refractivity contribution is 5.76. The quantitative estimate of drug-likeness (QED) is 0.664. The first kappa shape index (κ1) is 13.4. The van der Waals surface area contributed by atoms with Crippen LogP contribution in [0.2, 0.25) is 0 Å². The van der Waals surface area contributed by atoms with Crippen LogP contribution in [0.25, 0.3) is 0 Å². The standard InChI is InChI=1S/C11H23NO2/c1-9(2)10(3)12(4)11(14)7-5-6-8-13/h9-10,13H,5-8H2,1-4H3. The molecule has 0 aromatic heterocycles. The molecule has 0 aromatic carbocycles. The van der Waals surface area contributed by atoms with Crippen molar-refractivity contribution in [2.75, 3.05) is 13.7 Å². The molecule has 0 aliphatic rings. The Balaban J connectivity index is 3.86. The van der Waals surface area contributed by atoms with E-state index in [1.165, 1.54) is 0 Å². The van der Waals surface area contributed by atoms with Gasteiger partial charge < -0.3 is 10.0 Å². The molecule has 3 nitrogen and oxygen atoms in total. The van der Waals surface area contributed by atoms with Gasteiger partial charge in [0.2, 0.25) is 5.91 Å². The number of carbonyl (C=O) groups excluding carboxylic acids is 1. The molecule has 1 N–H and O–H groups in total. The summed E-state index contributed by atoms with van der Waals surface area (Å²) in [6.45, 7) is 6.47. The topological polar surface area (TPSA) is 40.5 Å². The first-order valence-corrected chi connectivity index (χ1v) is 5.37. The Bertz CT molecular complexity index is 169. The molecule has 0 bridgehead atoms. The second-order valence-electron chi connectivity index (χ2n) is 4.17. The molecule has 84 valence electrons. The third kappa shape index (κ3) is 4.61. The second-order valence-corrected chi connectivity index (χ2v) is 4.17. The number of unbranched alkanes of at least 4 members (excludes halogenated alkanes) is 1. The fraction of sp³-hybridized carbons (Fsp3) is 0.909. The maximum Gasteiger partial charge on any atom is 0.222 e. The summed E-state index contributed by atoms with van der Waals surface area (Å²) in [5.41, 5.74) is 0. The summed E-state index contributed by atoms with van der Waals surface area (Å²) >= 11 is 0. The summed E-state index contributed by atoms with van der Waals surface area (Å²) < 4.78 is 0. The van der Waals surface area contributed by atoms with E-state index < -0.39 is 0 Å². The van der Waals surface area contributed by atoms with Crippen LogP contribution < -0.4 is 0 Å². The van der Waals surface area contributed by atoms with Crippen LogP contribution in [0.1, 0.15) is 40.0 Å². The van der Waals surface area contributed by atoms with E-state index in [0.717, 1.165) is 12.8 Å². The number of rotatable bonds is 6. The van der Waals surface area contributed by atoms with Gasteiger partial charge in [-0.25, -0.2) is 0 Å². The van der Waals surface area contributed by atoms with E-state index in [0.29, 0.717) is 12.3 Å². The number of carbonyl (C=O) groups is 1. The van der Waals surface area contributed by atoms with Crippen LogP contribution in [-0.2, 0) is 4.79 Å². The number of hydrogen-bond acceptors (Lipinski definition) is 2. The molecule has 0 aliphatic carbocycles. The lowest BCUT2D eigenvalue weighted by molar-refractivity contribution is -0.132. The van der Waals surface area contributed by atoms with Gasteiger partial charge >= 0.3 is 0 Å². The molecule has 0 saturated carbocycles.